The molecule has 1 aromatic heterocycles. The lowest BCUT2D eigenvalue weighted by Crippen LogP contribution is -2.04. The van der Waals surface area contributed by atoms with Gasteiger partial charge in [0.15, 0.2) is 0 Å². The maximum atomic E-state index is 5.61. The maximum absolute atomic E-state index is 5.61. The molecule has 5 heteroatoms. The van der Waals surface area contributed by atoms with Crippen molar-refractivity contribution in [2.75, 3.05) is 12.3 Å². The molecule has 0 radical (unpaired) electrons. The lowest BCUT2D eigenvalue weighted by molar-refractivity contribution is 0.334. The molecule has 1 heterocycles. The standard InChI is InChI=1S/C10H17N3OS/c11-6-7-15-10-13-12-9(14-10)8-4-2-1-3-5-8/h8H,1-7,11H2. The van der Waals surface area contributed by atoms with Crippen LogP contribution in [0.5, 0.6) is 0 Å². The van der Waals surface area contributed by atoms with Gasteiger partial charge < -0.3 is 10.2 Å². The fraction of sp³-hybridized carbons (Fsp3) is 0.800. The van der Waals surface area contributed by atoms with Crippen LogP contribution < -0.4 is 5.73 Å². The zero-order valence-electron chi connectivity index (χ0n) is 8.82. The first-order valence-corrected chi connectivity index (χ1v) is 6.55. The van der Waals surface area contributed by atoms with Gasteiger partial charge in [0.25, 0.3) is 5.22 Å². The van der Waals surface area contributed by atoms with E-state index in [2.05, 4.69) is 10.2 Å². The number of rotatable bonds is 4. The third kappa shape index (κ3) is 2.95. The highest BCUT2D eigenvalue weighted by Crippen LogP contribution is 2.32. The van der Waals surface area contributed by atoms with Crippen molar-refractivity contribution in [1.29, 1.82) is 0 Å². The van der Waals surface area contributed by atoms with Gasteiger partial charge in [-0.05, 0) is 12.8 Å². The molecular formula is C10H17N3OS. The van der Waals surface area contributed by atoms with Gasteiger partial charge in [-0.1, -0.05) is 31.0 Å². The van der Waals surface area contributed by atoms with Gasteiger partial charge in [-0.3, -0.25) is 0 Å². The minimum Gasteiger partial charge on any atom is -0.416 e. The van der Waals surface area contributed by atoms with Crippen LogP contribution in [0.15, 0.2) is 9.64 Å². The third-order valence-corrected chi connectivity index (χ3v) is 3.57. The van der Waals surface area contributed by atoms with E-state index in [-0.39, 0.29) is 0 Å². The van der Waals surface area contributed by atoms with E-state index >= 15 is 0 Å². The summed E-state index contributed by atoms with van der Waals surface area (Å²) in [6, 6.07) is 0. The summed E-state index contributed by atoms with van der Waals surface area (Å²) in [4.78, 5) is 0. The molecule has 1 fully saturated rings. The molecule has 4 nitrogen and oxygen atoms in total. The van der Waals surface area contributed by atoms with Crippen molar-refractivity contribution in [3.05, 3.63) is 5.89 Å². The van der Waals surface area contributed by atoms with Gasteiger partial charge in [0.05, 0.1) is 0 Å². The predicted octanol–water partition coefficient (Wildman–Crippen LogP) is 2.17. The molecule has 15 heavy (non-hydrogen) atoms. The van der Waals surface area contributed by atoms with Crippen molar-refractivity contribution in [2.45, 2.75) is 43.2 Å². The van der Waals surface area contributed by atoms with Crippen LogP contribution in [-0.4, -0.2) is 22.5 Å². The van der Waals surface area contributed by atoms with Crippen LogP contribution in [0.3, 0.4) is 0 Å². The van der Waals surface area contributed by atoms with E-state index in [4.69, 9.17) is 10.2 Å². The molecule has 1 aromatic rings. The summed E-state index contributed by atoms with van der Waals surface area (Å²) in [7, 11) is 0. The van der Waals surface area contributed by atoms with Crippen LogP contribution in [0.4, 0.5) is 0 Å². The minimum absolute atomic E-state index is 0.499. The lowest BCUT2D eigenvalue weighted by Gasteiger charge is -2.17. The van der Waals surface area contributed by atoms with Crippen LogP contribution >= 0.6 is 11.8 Å². The molecule has 1 aliphatic carbocycles. The van der Waals surface area contributed by atoms with Crippen LogP contribution in [-0.2, 0) is 0 Å². The summed E-state index contributed by atoms with van der Waals surface area (Å²) in [5, 5.41) is 8.80. The van der Waals surface area contributed by atoms with Crippen molar-refractivity contribution in [2.24, 2.45) is 5.73 Å². The quantitative estimate of drug-likeness (QED) is 0.798. The first-order valence-electron chi connectivity index (χ1n) is 5.56. The molecule has 0 amide bonds. The molecule has 2 rings (SSSR count). The summed E-state index contributed by atoms with van der Waals surface area (Å²) in [5.74, 6) is 2.17. The first kappa shape index (κ1) is 11.0. The van der Waals surface area contributed by atoms with E-state index in [1.54, 1.807) is 0 Å². The van der Waals surface area contributed by atoms with Crippen molar-refractivity contribution in [1.82, 2.24) is 10.2 Å². The number of hydrogen-bond acceptors (Lipinski definition) is 5. The largest absolute Gasteiger partial charge is 0.416 e. The van der Waals surface area contributed by atoms with Crippen molar-refractivity contribution < 1.29 is 4.42 Å². The van der Waals surface area contributed by atoms with Crippen LogP contribution in [0.1, 0.15) is 43.9 Å². The topological polar surface area (TPSA) is 64.9 Å². The third-order valence-electron chi connectivity index (χ3n) is 2.72. The minimum atomic E-state index is 0.499. The average Bonchev–Trinajstić information content (AvgIpc) is 2.76. The number of thioether (sulfide) groups is 1. The molecule has 84 valence electrons. The van der Waals surface area contributed by atoms with E-state index in [1.807, 2.05) is 0 Å². The second kappa shape index (κ2) is 5.51. The Morgan fingerprint density at radius 2 is 2.07 bits per heavy atom. The molecule has 0 saturated heterocycles. The smallest absolute Gasteiger partial charge is 0.276 e. The summed E-state index contributed by atoms with van der Waals surface area (Å²) in [6.45, 7) is 0.645. The Bertz CT molecular complexity index is 297. The van der Waals surface area contributed by atoms with Crippen molar-refractivity contribution >= 4 is 11.8 Å². The maximum Gasteiger partial charge on any atom is 0.276 e. The molecule has 1 aliphatic rings. The van der Waals surface area contributed by atoms with Gasteiger partial charge in [-0.15, -0.1) is 10.2 Å². The molecule has 0 bridgehead atoms. The first-order chi connectivity index (χ1) is 7.40. The van der Waals surface area contributed by atoms with Gasteiger partial charge in [-0.2, -0.15) is 0 Å². The Balaban J connectivity index is 1.93. The Morgan fingerprint density at radius 1 is 1.27 bits per heavy atom. The number of aromatic nitrogens is 2. The Hall–Kier alpha value is -0.550. The Kier molecular flexibility index (Phi) is 4.02. The summed E-state index contributed by atoms with van der Waals surface area (Å²) in [5.41, 5.74) is 5.42. The molecule has 0 aromatic carbocycles. The summed E-state index contributed by atoms with van der Waals surface area (Å²) in [6.07, 6.45) is 6.32. The molecular weight excluding hydrogens is 210 g/mol. The van der Waals surface area contributed by atoms with Gasteiger partial charge in [0.1, 0.15) is 0 Å². The van der Waals surface area contributed by atoms with Gasteiger partial charge in [-0.25, -0.2) is 0 Å². The molecule has 0 spiro atoms. The van der Waals surface area contributed by atoms with Gasteiger partial charge in [0, 0.05) is 18.2 Å². The monoisotopic (exact) mass is 227 g/mol. The van der Waals surface area contributed by atoms with Crippen molar-refractivity contribution in [3.8, 4) is 0 Å². The fourth-order valence-electron chi connectivity index (χ4n) is 1.94. The highest BCUT2D eigenvalue weighted by atomic mass is 32.2. The highest BCUT2D eigenvalue weighted by Gasteiger charge is 2.21. The molecule has 0 atom stereocenters. The van der Waals surface area contributed by atoms with Crippen LogP contribution in [0.25, 0.3) is 0 Å². The van der Waals surface area contributed by atoms with E-state index in [1.165, 1.54) is 43.9 Å². The van der Waals surface area contributed by atoms with E-state index in [0.717, 1.165) is 11.6 Å². The molecule has 2 N–H and O–H groups in total. The molecule has 1 saturated carbocycles. The lowest BCUT2D eigenvalue weighted by atomic mass is 9.89. The number of nitrogens with two attached hydrogens (primary N) is 1. The van der Waals surface area contributed by atoms with Gasteiger partial charge in [0.2, 0.25) is 5.89 Å². The second-order valence-corrected chi connectivity index (χ2v) is 4.92. The Labute approximate surface area is 94.0 Å². The normalized spacial score (nSPS) is 18.2. The molecule has 0 aliphatic heterocycles. The number of hydrogen-bond donors (Lipinski definition) is 1. The zero-order chi connectivity index (χ0) is 10.5. The zero-order valence-corrected chi connectivity index (χ0v) is 9.63. The SMILES string of the molecule is NCCSc1nnc(C2CCCCC2)o1. The second-order valence-electron chi connectivity index (χ2n) is 3.88. The molecule has 0 unspecified atom stereocenters. The summed E-state index contributed by atoms with van der Waals surface area (Å²) >= 11 is 1.54. The summed E-state index contributed by atoms with van der Waals surface area (Å²) < 4.78 is 5.61. The highest BCUT2D eigenvalue weighted by molar-refractivity contribution is 7.99. The predicted molar refractivity (Wildman–Crippen MR) is 59.9 cm³/mol. The average molecular weight is 227 g/mol. The van der Waals surface area contributed by atoms with Crippen molar-refractivity contribution in [3.63, 3.8) is 0 Å². The Morgan fingerprint density at radius 3 is 2.80 bits per heavy atom. The van der Waals surface area contributed by atoms with Crippen LogP contribution in [0.2, 0.25) is 0 Å². The van der Waals surface area contributed by atoms with E-state index < -0.39 is 0 Å². The number of nitrogens with zero attached hydrogens (tertiary/aromatic N) is 2. The fourth-order valence-corrected chi connectivity index (χ4v) is 2.47. The van der Waals surface area contributed by atoms with E-state index in [0.29, 0.717) is 17.7 Å². The van der Waals surface area contributed by atoms with E-state index in [9.17, 15) is 0 Å². The van der Waals surface area contributed by atoms with Crippen LogP contribution in [0, 0.1) is 0 Å². The van der Waals surface area contributed by atoms with Gasteiger partial charge >= 0.3 is 0 Å².